The second kappa shape index (κ2) is 5.93. The maximum atomic E-state index is 12.6. The molecule has 98 valence electrons. The van der Waals surface area contributed by atoms with Crippen LogP contribution < -0.4 is 0 Å². The molecule has 1 heterocycles. The first kappa shape index (κ1) is 14.4. The van der Waals surface area contributed by atoms with Crippen LogP contribution in [-0.2, 0) is 0 Å². The van der Waals surface area contributed by atoms with Gasteiger partial charge in [-0.25, -0.2) is 0 Å². The van der Waals surface area contributed by atoms with Gasteiger partial charge in [-0.05, 0) is 46.5 Å². The summed E-state index contributed by atoms with van der Waals surface area (Å²) in [6, 6.07) is 5.78. The summed E-state index contributed by atoms with van der Waals surface area (Å²) in [5.74, 6) is 1.02. The molecule has 1 aliphatic rings. The lowest BCUT2D eigenvalue weighted by atomic mass is 10.0. The highest BCUT2D eigenvalue weighted by Gasteiger charge is 2.34. The smallest absolute Gasteiger partial charge is 0.255 e. The molecule has 0 saturated carbocycles. The molecular formula is C13H14Br2ClNO. The minimum atomic E-state index is 0.0539. The summed E-state index contributed by atoms with van der Waals surface area (Å²) < 4.78 is 1.73. The van der Waals surface area contributed by atoms with Gasteiger partial charge in [-0.2, -0.15) is 0 Å². The van der Waals surface area contributed by atoms with Gasteiger partial charge in [0.2, 0.25) is 0 Å². The highest BCUT2D eigenvalue weighted by molar-refractivity contribution is 9.11. The van der Waals surface area contributed by atoms with Gasteiger partial charge < -0.3 is 4.90 Å². The summed E-state index contributed by atoms with van der Waals surface area (Å²) in [4.78, 5) is 14.4. The van der Waals surface area contributed by atoms with E-state index in [0.717, 1.165) is 21.9 Å². The fraction of sp³-hybridized carbons (Fsp3) is 0.462. The van der Waals surface area contributed by atoms with Crippen LogP contribution in [0.1, 0.15) is 23.7 Å². The molecular weight excluding hydrogens is 381 g/mol. The molecule has 0 radical (unpaired) electrons. The van der Waals surface area contributed by atoms with Crippen molar-refractivity contribution < 1.29 is 4.79 Å². The standard InChI is InChI=1S/C13H14Br2ClNO/c1-8-4-5-17(12(8)7-16)13(18)10-6-9(14)2-3-11(10)15/h2-3,6,8,12H,4-5,7H2,1H3. The predicted molar refractivity (Wildman–Crippen MR) is 81.2 cm³/mol. The van der Waals surface area contributed by atoms with Gasteiger partial charge in [-0.3, -0.25) is 4.79 Å². The number of alkyl halides is 1. The Morgan fingerprint density at radius 1 is 1.50 bits per heavy atom. The van der Waals surface area contributed by atoms with Crippen molar-refractivity contribution in [3.05, 3.63) is 32.7 Å². The lowest BCUT2D eigenvalue weighted by molar-refractivity contribution is 0.0736. The van der Waals surface area contributed by atoms with Crippen molar-refractivity contribution in [2.45, 2.75) is 19.4 Å². The highest BCUT2D eigenvalue weighted by atomic mass is 79.9. The van der Waals surface area contributed by atoms with Gasteiger partial charge in [-0.1, -0.05) is 22.9 Å². The maximum absolute atomic E-state index is 12.6. The lowest BCUT2D eigenvalue weighted by Crippen LogP contribution is -2.38. The topological polar surface area (TPSA) is 20.3 Å². The lowest BCUT2D eigenvalue weighted by Gasteiger charge is -2.25. The molecule has 0 N–H and O–H groups in total. The molecule has 1 amide bonds. The van der Waals surface area contributed by atoms with Crippen molar-refractivity contribution in [2.75, 3.05) is 12.4 Å². The van der Waals surface area contributed by atoms with Crippen molar-refractivity contribution in [1.82, 2.24) is 4.90 Å². The van der Waals surface area contributed by atoms with Crippen molar-refractivity contribution in [1.29, 1.82) is 0 Å². The zero-order chi connectivity index (χ0) is 13.3. The van der Waals surface area contributed by atoms with E-state index in [2.05, 4.69) is 38.8 Å². The Morgan fingerprint density at radius 2 is 2.22 bits per heavy atom. The van der Waals surface area contributed by atoms with E-state index in [1.165, 1.54) is 0 Å². The van der Waals surface area contributed by atoms with Crippen LogP contribution in [0, 0.1) is 5.92 Å². The number of amides is 1. The van der Waals surface area contributed by atoms with Gasteiger partial charge in [-0.15, -0.1) is 11.6 Å². The molecule has 2 rings (SSSR count). The fourth-order valence-electron chi connectivity index (χ4n) is 2.31. The van der Waals surface area contributed by atoms with Crippen molar-refractivity contribution in [3.8, 4) is 0 Å². The second-order valence-corrected chi connectivity index (χ2v) is 6.69. The fourth-order valence-corrected chi connectivity index (χ4v) is 3.56. The van der Waals surface area contributed by atoms with Gasteiger partial charge in [0.15, 0.2) is 0 Å². The molecule has 1 aliphatic heterocycles. The maximum Gasteiger partial charge on any atom is 0.255 e. The molecule has 2 atom stereocenters. The van der Waals surface area contributed by atoms with Crippen molar-refractivity contribution >= 4 is 49.4 Å². The van der Waals surface area contributed by atoms with E-state index >= 15 is 0 Å². The first-order valence-electron chi connectivity index (χ1n) is 5.86. The van der Waals surface area contributed by atoms with E-state index in [9.17, 15) is 4.79 Å². The molecule has 2 nitrogen and oxygen atoms in total. The second-order valence-electron chi connectivity index (χ2n) is 4.61. The molecule has 18 heavy (non-hydrogen) atoms. The Hall–Kier alpha value is -0.0600. The average Bonchev–Trinajstić information content (AvgIpc) is 2.72. The largest absolute Gasteiger partial charge is 0.334 e. The van der Waals surface area contributed by atoms with Crippen LogP contribution in [0.2, 0.25) is 0 Å². The Bertz CT molecular complexity index is 466. The van der Waals surface area contributed by atoms with Crippen LogP contribution in [0.15, 0.2) is 27.1 Å². The van der Waals surface area contributed by atoms with Gasteiger partial charge >= 0.3 is 0 Å². The summed E-state index contributed by atoms with van der Waals surface area (Å²) in [5.41, 5.74) is 0.689. The van der Waals surface area contributed by atoms with E-state index in [4.69, 9.17) is 11.6 Å². The molecule has 1 saturated heterocycles. The summed E-state index contributed by atoms with van der Waals surface area (Å²) in [6.45, 7) is 2.94. The highest BCUT2D eigenvalue weighted by Crippen LogP contribution is 2.29. The number of carbonyl (C=O) groups is 1. The minimum absolute atomic E-state index is 0.0539. The molecule has 1 fully saturated rings. The molecule has 5 heteroatoms. The number of rotatable bonds is 2. The van der Waals surface area contributed by atoms with Crippen LogP contribution in [0.3, 0.4) is 0 Å². The number of nitrogens with zero attached hydrogens (tertiary/aromatic N) is 1. The van der Waals surface area contributed by atoms with Crippen LogP contribution >= 0.6 is 43.5 Å². The average molecular weight is 396 g/mol. The SMILES string of the molecule is CC1CCN(C(=O)c2cc(Br)ccc2Br)C1CCl. The van der Waals surface area contributed by atoms with Crippen LogP contribution in [-0.4, -0.2) is 29.3 Å². The van der Waals surface area contributed by atoms with Crippen LogP contribution in [0.5, 0.6) is 0 Å². The number of hydrogen-bond acceptors (Lipinski definition) is 1. The zero-order valence-electron chi connectivity index (χ0n) is 10.00. The van der Waals surface area contributed by atoms with Gasteiger partial charge in [0, 0.05) is 27.4 Å². The minimum Gasteiger partial charge on any atom is -0.334 e. The van der Waals surface area contributed by atoms with E-state index in [1.807, 2.05) is 23.1 Å². The molecule has 0 aliphatic carbocycles. The van der Waals surface area contributed by atoms with Gasteiger partial charge in [0.25, 0.3) is 5.91 Å². The van der Waals surface area contributed by atoms with Crippen LogP contribution in [0.4, 0.5) is 0 Å². The zero-order valence-corrected chi connectivity index (χ0v) is 13.9. The van der Waals surface area contributed by atoms with Crippen molar-refractivity contribution in [3.63, 3.8) is 0 Å². The number of likely N-dealkylation sites (tertiary alicyclic amines) is 1. The summed E-state index contributed by atoms with van der Waals surface area (Å²) >= 11 is 12.8. The van der Waals surface area contributed by atoms with Gasteiger partial charge in [0.1, 0.15) is 0 Å². The summed E-state index contributed by atoms with van der Waals surface area (Å²) in [7, 11) is 0. The molecule has 2 unspecified atom stereocenters. The monoisotopic (exact) mass is 393 g/mol. The van der Waals surface area contributed by atoms with Gasteiger partial charge in [0.05, 0.1) is 5.56 Å². The third-order valence-electron chi connectivity index (χ3n) is 3.46. The van der Waals surface area contributed by atoms with Crippen LogP contribution in [0.25, 0.3) is 0 Å². The van der Waals surface area contributed by atoms with E-state index < -0.39 is 0 Å². The molecule has 1 aromatic carbocycles. The first-order chi connectivity index (χ1) is 8.54. The normalized spacial score (nSPS) is 23.4. The predicted octanol–water partition coefficient (Wildman–Crippen LogP) is 4.30. The van der Waals surface area contributed by atoms with E-state index in [0.29, 0.717) is 17.4 Å². The Balaban J connectivity index is 2.28. The molecule has 0 bridgehead atoms. The molecule has 1 aromatic rings. The number of halogens is 3. The van der Waals surface area contributed by atoms with Crippen molar-refractivity contribution in [2.24, 2.45) is 5.92 Å². The van der Waals surface area contributed by atoms with E-state index in [-0.39, 0.29) is 11.9 Å². The number of benzene rings is 1. The third-order valence-corrected chi connectivity index (χ3v) is 4.96. The summed E-state index contributed by atoms with van der Waals surface area (Å²) in [6.07, 6.45) is 1.02. The third kappa shape index (κ3) is 2.75. The molecule has 0 spiro atoms. The summed E-state index contributed by atoms with van der Waals surface area (Å²) in [5, 5.41) is 0. The van der Waals surface area contributed by atoms with E-state index in [1.54, 1.807) is 0 Å². The number of hydrogen-bond donors (Lipinski definition) is 0. The quantitative estimate of drug-likeness (QED) is 0.684. The Labute approximate surface area is 129 Å². The Morgan fingerprint density at radius 3 is 2.89 bits per heavy atom. The molecule has 0 aromatic heterocycles. The first-order valence-corrected chi connectivity index (χ1v) is 7.98. The Kier molecular flexibility index (Phi) is 4.73. The number of carbonyl (C=O) groups excluding carboxylic acids is 1.